The van der Waals surface area contributed by atoms with E-state index in [9.17, 15) is 9.59 Å². The Hall–Kier alpha value is -2.04. The lowest BCUT2D eigenvalue weighted by atomic mass is 10.3. The number of hydrogen-bond donors (Lipinski definition) is 0. The van der Waals surface area contributed by atoms with Gasteiger partial charge in [0.15, 0.2) is 6.61 Å². The average molecular weight is 277 g/mol. The number of likely N-dealkylation sites (tertiary alicyclic amines) is 1. The molecule has 0 bridgehead atoms. The fourth-order valence-corrected chi connectivity index (χ4v) is 2.04. The van der Waals surface area contributed by atoms with E-state index in [1.165, 1.54) is 0 Å². The van der Waals surface area contributed by atoms with Crippen molar-refractivity contribution in [2.45, 2.75) is 19.3 Å². The minimum Gasteiger partial charge on any atom is -0.493 e. The van der Waals surface area contributed by atoms with Crippen molar-refractivity contribution in [2.24, 2.45) is 0 Å². The molecule has 0 saturated carbocycles. The fourth-order valence-electron chi connectivity index (χ4n) is 2.04. The number of para-hydroxylation sites is 1. The van der Waals surface area contributed by atoms with E-state index in [2.05, 4.69) is 0 Å². The molecule has 1 aromatic rings. The van der Waals surface area contributed by atoms with Crippen LogP contribution in [0.5, 0.6) is 5.75 Å². The van der Waals surface area contributed by atoms with Crippen LogP contribution in [0.1, 0.15) is 19.3 Å². The van der Waals surface area contributed by atoms with Gasteiger partial charge in [-0.2, -0.15) is 0 Å². The van der Waals surface area contributed by atoms with Crippen molar-refractivity contribution in [2.75, 3.05) is 26.3 Å². The predicted molar refractivity (Wildman–Crippen MR) is 73.3 cm³/mol. The van der Waals surface area contributed by atoms with Crippen LogP contribution in [0.3, 0.4) is 0 Å². The van der Waals surface area contributed by atoms with E-state index in [0.29, 0.717) is 5.75 Å². The van der Waals surface area contributed by atoms with Crippen molar-refractivity contribution < 1.29 is 19.1 Å². The van der Waals surface area contributed by atoms with Crippen LogP contribution < -0.4 is 4.74 Å². The summed E-state index contributed by atoms with van der Waals surface area (Å²) in [4.78, 5) is 24.9. The molecule has 1 saturated heterocycles. The van der Waals surface area contributed by atoms with Crippen LogP contribution in [0.4, 0.5) is 0 Å². The Labute approximate surface area is 118 Å². The molecule has 0 radical (unpaired) electrons. The molecule has 2 rings (SSSR count). The summed E-state index contributed by atoms with van der Waals surface area (Å²) in [6, 6.07) is 9.26. The van der Waals surface area contributed by atoms with E-state index in [-0.39, 0.29) is 25.5 Å². The zero-order valence-corrected chi connectivity index (χ0v) is 11.4. The van der Waals surface area contributed by atoms with Gasteiger partial charge in [0.25, 0.3) is 5.91 Å². The SMILES string of the molecule is O=C(CCOc1ccccc1)OCC(=O)N1CCCC1. The first-order valence-electron chi connectivity index (χ1n) is 6.87. The summed E-state index contributed by atoms with van der Waals surface area (Å²) >= 11 is 0. The summed E-state index contributed by atoms with van der Waals surface area (Å²) in [5.74, 6) is 0.196. The van der Waals surface area contributed by atoms with Gasteiger partial charge in [-0.1, -0.05) is 18.2 Å². The summed E-state index contributed by atoms with van der Waals surface area (Å²) in [7, 11) is 0. The molecule has 1 heterocycles. The molecule has 0 N–H and O–H groups in total. The molecule has 20 heavy (non-hydrogen) atoms. The van der Waals surface area contributed by atoms with Gasteiger partial charge >= 0.3 is 5.97 Å². The Morgan fingerprint density at radius 1 is 1.10 bits per heavy atom. The second-order valence-electron chi connectivity index (χ2n) is 4.66. The maximum Gasteiger partial charge on any atom is 0.309 e. The number of benzene rings is 1. The molecule has 1 aromatic carbocycles. The number of ether oxygens (including phenoxy) is 2. The zero-order chi connectivity index (χ0) is 14.2. The van der Waals surface area contributed by atoms with Crippen LogP contribution in [-0.2, 0) is 14.3 Å². The third-order valence-electron chi connectivity index (χ3n) is 3.13. The van der Waals surface area contributed by atoms with Crippen molar-refractivity contribution in [3.05, 3.63) is 30.3 Å². The highest BCUT2D eigenvalue weighted by molar-refractivity contribution is 5.80. The quantitative estimate of drug-likeness (QED) is 0.741. The van der Waals surface area contributed by atoms with Crippen LogP contribution in [0.15, 0.2) is 30.3 Å². The molecule has 0 aliphatic carbocycles. The highest BCUT2D eigenvalue weighted by Gasteiger charge is 2.18. The normalized spacial score (nSPS) is 14.1. The van der Waals surface area contributed by atoms with E-state index in [0.717, 1.165) is 25.9 Å². The molecule has 108 valence electrons. The molecule has 1 fully saturated rings. The van der Waals surface area contributed by atoms with Crippen LogP contribution in [-0.4, -0.2) is 43.1 Å². The largest absolute Gasteiger partial charge is 0.493 e. The highest BCUT2D eigenvalue weighted by atomic mass is 16.5. The van der Waals surface area contributed by atoms with Crippen LogP contribution >= 0.6 is 0 Å². The maximum atomic E-state index is 11.7. The third-order valence-corrected chi connectivity index (χ3v) is 3.13. The Morgan fingerprint density at radius 2 is 1.80 bits per heavy atom. The first kappa shape index (κ1) is 14.4. The first-order valence-corrected chi connectivity index (χ1v) is 6.87. The number of hydrogen-bond acceptors (Lipinski definition) is 4. The number of carbonyl (C=O) groups is 2. The fraction of sp³-hybridized carbons (Fsp3) is 0.467. The van der Waals surface area contributed by atoms with Gasteiger partial charge in [-0.15, -0.1) is 0 Å². The van der Waals surface area contributed by atoms with Gasteiger partial charge < -0.3 is 14.4 Å². The molecule has 1 aliphatic rings. The van der Waals surface area contributed by atoms with Crippen molar-refractivity contribution in [1.29, 1.82) is 0 Å². The van der Waals surface area contributed by atoms with Crippen molar-refractivity contribution in [3.63, 3.8) is 0 Å². The standard InChI is InChI=1S/C15H19NO4/c17-14(16-9-4-5-10-16)12-20-15(18)8-11-19-13-6-2-1-3-7-13/h1-3,6-7H,4-5,8-12H2. The van der Waals surface area contributed by atoms with Gasteiger partial charge in [0.2, 0.25) is 0 Å². The lowest BCUT2D eigenvalue weighted by Gasteiger charge is -2.14. The molecule has 0 aromatic heterocycles. The van der Waals surface area contributed by atoms with Gasteiger partial charge in [-0.25, -0.2) is 0 Å². The van der Waals surface area contributed by atoms with Crippen LogP contribution in [0.2, 0.25) is 0 Å². The smallest absolute Gasteiger partial charge is 0.309 e. The third kappa shape index (κ3) is 4.57. The number of esters is 1. The zero-order valence-electron chi connectivity index (χ0n) is 11.4. The van der Waals surface area contributed by atoms with Gasteiger partial charge in [0.05, 0.1) is 13.0 Å². The van der Waals surface area contributed by atoms with Crippen LogP contribution in [0.25, 0.3) is 0 Å². The summed E-state index contributed by atoms with van der Waals surface area (Å²) in [6.07, 6.45) is 2.21. The number of amides is 1. The number of rotatable bonds is 6. The minimum absolute atomic E-state index is 0.111. The summed E-state index contributed by atoms with van der Waals surface area (Å²) in [5.41, 5.74) is 0. The van der Waals surface area contributed by atoms with Crippen molar-refractivity contribution in [1.82, 2.24) is 4.90 Å². The van der Waals surface area contributed by atoms with Crippen LogP contribution in [0, 0.1) is 0 Å². The Morgan fingerprint density at radius 3 is 2.50 bits per heavy atom. The Balaban J connectivity index is 1.59. The predicted octanol–water partition coefficient (Wildman–Crippen LogP) is 1.62. The minimum atomic E-state index is -0.409. The van der Waals surface area contributed by atoms with Gasteiger partial charge in [-0.3, -0.25) is 9.59 Å². The summed E-state index contributed by atoms with van der Waals surface area (Å²) in [6.45, 7) is 1.63. The molecule has 1 aliphatic heterocycles. The van der Waals surface area contributed by atoms with E-state index in [4.69, 9.17) is 9.47 Å². The van der Waals surface area contributed by atoms with Crippen molar-refractivity contribution >= 4 is 11.9 Å². The van der Waals surface area contributed by atoms with Gasteiger partial charge in [-0.05, 0) is 25.0 Å². The topological polar surface area (TPSA) is 55.8 Å². The van der Waals surface area contributed by atoms with E-state index < -0.39 is 5.97 Å². The number of carbonyl (C=O) groups excluding carboxylic acids is 2. The molecule has 0 unspecified atom stereocenters. The lowest BCUT2D eigenvalue weighted by molar-refractivity contribution is -0.152. The summed E-state index contributed by atoms with van der Waals surface area (Å²) in [5, 5.41) is 0. The molecular weight excluding hydrogens is 258 g/mol. The summed E-state index contributed by atoms with van der Waals surface area (Å²) < 4.78 is 10.3. The van der Waals surface area contributed by atoms with E-state index in [1.54, 1.807) is 4.90 Å². The molecule has 5 nitrogen and oxygen atoms in total. The lowest BCUT2D eigenvalue weighted by Crippen LogP contribution is -2.32. The average Bonchev–Trinajstić information content (AvgIpc) is 3.00. The molecule has 5 heteroatoms. The molecule has 0 atom stereocenters. The molecule has 0 spiro atoms. The van der Waals surface area contributed by atoms with E-state index >= 15 is 0 Å². The van der Waals surface area contributed by atoms with Crippen molar-refractivity contribution in [3.8, 4) is 5.75 Å². The monoisotopic (exact) mass is 277 g/mol. The Bertz CT molecular complexity index is 440. The second kappa shape index (κ2) is 7.53. The Kier molecular flexibility index (Phi) is 5.41. The first-order chi connectivity index (χ1) is 9.75. The maximum absolute atomic E-state index is 11.7. The molecular formula is C15H19NO4. The van der Waals surface area contributed by atoms with Gasteiger partial charge in [0.1, 0.15) is 5.75 Å². The number of nitrogens with zero attached hydrogens (tertiary/aromatic N) is 1. The highest BCUT2D eigenvalue weighted by Crippen LogP contribution is 2.09. The van der Waals surface area contributed by atoms with E-state index in [1.807, 2.05) is 30.3 Å². The van der Waals surface area contributed by atoms with Gasteiger partial charge in [0, 0.05) is 13.1 Å². The second-order valence-corrected chi connectivity index (χ2v) is 4.66. The molecule has 1 amide bonds.